The van der Waals surface area contributed by atoms with Crippen LogP contribution in [-0.4, -0.2) is 25.4 Å². The number of nitrogens with one attached hydrogen (secondary N) is 3. The number of imidazole rings is 1. The number of fused-ring (bicyclic) bond motifs is 2. The second-order valence-electron chi connectivity index (χ2n) is 7.57. The summed E-state index contributed by atoms with van der Waals surface area (Å²) in [5.74, 6) is 0.596. The van der Waals surface area contributed by atoms with Crippen molar-refractivity contribution in [3.05, 3.63) is 69.0 Å². The zero-order chi connectivity index (χ0) is 21.4. The summed E-state index contributed by atoms with van der Waals surface area (Å²) in [4.78, 5) is 36.6. The fourth-order valence-corrected chi connectivity index (χ4v) is 3.90. The van der Waals surface area contributed by atoms with Crippen molar-refractivity contribution in [3.63, 3.8) is 0 Å². The molecule has 0 saturated carbocycles. The van der Waals surface area contributed by atoms with Crippen LogP contribution in [0.4, 0.5) is 0 Å². The van der Waals surface area contributed by atoms with Crippen LogP contribution in [0.5, 0.6) is 0 Å². The summed E-state index contributed by atoms with van der Waals surface area (Å²) in [5.41, 5.74) is 2.62. The molecule has 0 bridgehead atoms. The predicted octanol–water partition coefficient (Wildman–Crippen LogP) is 4.08. The molecular formula is C22H23N5O2S. The minimum Gasteiger partial charge on any atom is -0.342 e. The summed E-state index contributed by atoms with van der Waals surface area (Å²) in [6, 6.07) is 12.5. The van der Waals surface area contributed by atoms with Gasteiger partial charge in [-0.05, 0) is 55.4 Å². The van der Waals surface area contributed by atoms with Gasteiger partial charge in [-0.2, -0.15) is 0 Å². The van der Waals surface area contributed by atoms with Gasteiger partial charge in [0, 0.05) is 12.1 Å². The van der Waals surface area contributed by atoms with Gasteiger partial charge < -0.3 is 15.3 Å². The van der Waals surface area contributed by atoms with Gasteiger partial charge in [0.25, 0.3) is 11.5 Å². The smallest absolute Gasteiger partial charge is 0.262 e. The van der Waals surface area contributed by atoms with Gasteiger partial charge >= 0.3 is 0 Å². The number of carbonyl (C=O) groups excluding carboxylic acids is 1. The second-order valence-corrected chi connectivity index (χ2v) is 7.96. The predicted molar refractivity (Wildman–Crippen MR) is 120 cm³/mol. The number of aromatic amines is 2. The molecule has 0 fully saturated rings. The number of rotatable bonds is 5. The van der Waals surface area contributed by atoms with Crippen LogP contribution in [-0.2, 0) is 6.54 Å². The van der Waals surface area contributed by atoms with Gasteiger partial charge in [-0.25, -0.2) is 4.98 Å². The van der Waals surface area contributed by atoms with Crippen LogP contribution >= 0.6 is 12.2 Å². The monoisotopic (exact) mass is 421 g/mol. The molecule has 0 saturated heterocycles. The summed E-state index contributed by atoms with van der Waals surface area (Å²) in [6.45, 7) is 6.41. The van der Waals surface area contributed by atoms with E-state index in [0.717, 1.165) is 11.0 Å². The normalized spacial score (nSPS) is 12.5. The quantitative estimate of drug-likeness (QED) is 0.423. The van der Waals surface area contributed by atoms with E-state index in [2.05, 4.69) is 20.3 Å². The van der Waals surface area contributed by atoms with Gasteiger partial charge in [0.2, 0.25) is 0 Å². The Balaban J connectivity index is 1.68. The highest BCUT2D eigenvalue weighted by molar-refractivity contribution is 7.71. The number of H-pyrrole nitrogens is 2. The molecule has 30 heavy (non-hydrogen) atoms. The van der Waals surface area contributed by atoms with Crippen molar-refractivity contribution in [1.82, 2.24) is 24.8 Å². The molecule has 154 valence electrons. The SMILES string of the molecule is CCn1c(=S)[nH]c2cc(C(=O)NC(c3nc4ccccc4[nH]3)C(C)C)ccc2c1=O. The Bertz CT molecular complexity index is 1330. The number of hydrogen-bond donors (Lipinski definition) is 3. The minimum absolute atomic E-state index is 0.123. The summed E-state index contributed by atoms with van der Waals surface area (Å²) in [6.07, 6.45) is 0. The largest absolute Gasteiger partial charge is 0.342 e. The Hall–Kier alpha value is -3.26. The Kier molecular flexibility index (Phi) is 5.26. The lowest BCUT2D eigenvalue weighted by Gasteiger charge is -2.20. The Morgan fingerprint density at radius 1 is 1.17 bits per heavy atom. The van der Waals surface area contributed by atoms with E-state index in [9.17, 15) is 9.59 Å². The van der Waals surface area contributed by atoms with Gasteiger partial charge in [0.15, 0.2) is 4.77 Å². The molecule has 1 atom stereocenters. The average Bonchev–Trinajstić information content (AvgIpc) is 3.15. The maximum absolute atomic E-state index is 13.0. The van der Waals surface area contributed by atoms with Crippen molar-refractivity contribution >= 4 is 40.1 Å². The van der Waals surface area contributed by atoms with E-state index < -0.39 is 0 Å². The first-order chi connectivity index (χ1) is 14.4. The van der Waals surface area contributed by atoms with Crippen LogP contribution in [0.3, 0.4) is 0 Å². The van der Waals surface area contributed by atoms with E-state index in [1.165, 1.54) is 4.57 Å². The van der Waals surface area contributed by atoms with Crippen molar-refractivity contribution in [1.29, 1.82) is 0 Å². The summed E-state index contributed by atoms with van der Waals surface area (Å²) < 4.78 is 1.84. The number of nitrogens with zero attached hydrogens (tertiary/aromatic N) is 2. The fraction of sp³-hybridized carbons (Fsp3) is 0.273. The van der Waals surface area contributed by atoms with Crippen molar-refractivity contribution < 1.29 is 4.79 Å². The second kappa shape index (κ2) is 7.87. The third kappa shape index (κ3) is 3.54. The highest BCUT2D eigenvalue weighted by Gasteiger charge is 2.22. The molecule has 0 aliphatic heterocycles. The molecule has 8 heteroatoms. The minimum atomic E-state index is -0.285. The van der Waals surface area contributed by atoms with E-state index in [-0.39, 0.29) is 23.4 Å². The maximum atomic E-state index is 13.0. The first-order valence-corrected chi connectivity index (χ1v) is 10.3. The molecule has 2 aromatic heterocycles. The van der Waals surface area contributed by atoms with Crippen LogP contribution < -0.4 is 10.9 Å². The van der Waals surface area contributed by atoms with Crippen LogP contribution in [0, 0.1) is 10.7 Å². The van der Waals surface area contributed by atoms with Crippen molar-refractivity contribution in [2.24, 2.45) is 5.92 Å². The summed E-state index contributed by atoms with van der Waals surface area (Å²) in [7, 11) is 0. The van der Waals surface area contributed by atoms with E-state index in [1.807, 2.05) is 45.0 Å². The van der Waals surface area contributed by atoms with E-state index in [0.29, 0.717) is 33.6 Å². The van der Waals surface area contributed by atoms with Crippen molar-refractivity contribution in [2.75, 3.05) is 0 Å². The molecule has 2 heterocycles. The zero-order valence-corrected chi connectivity index (χ0v) is 17.8. The summed E-state index contributed by atoms with van der Waals surface area (Å²) >= 11 is 5.27. The fourth-order valence-electron chi connectivity index (χ4n) is 3.58. The van der Waals surface area contributed by atoms with Crippen LogP contribution in [0.25, 0.3) is 21.9 Å². The van der Waals surface area contributed by atoms with Crippen molar-refractivity contribution in [3.8, 4) is 0 Å². The van der Waals surface area contributed by atoms with Crippen LogP contribution in [0.2, 0.25) is 0 Å². The van der Waals surface area contributed by atoms with Gasteiger partial charge in [0.1, 0.15) is 5.82 Å². The lowest BCUT2D eigenvalue weighted by Crippen LogP contribution is -2.32. The van der Waals surface area contributed by atoms with E-state index in [1.54, 1.807) is 18.2 Å². The Morgan fingerprint density at radius 3 is 2.63 bits per heavy atom. The molecule has 2 aromatic carbocycles. The third-order valence-corrected chi connectivity index (χ3v) is 5.54. The van der Waals surface area contributed by atoms with E-state index >= 15 is 0 Å². The number of aromatic nitrogens is 4. The van der Waals surface area contributed by atoms with Crippen LogP contribution in [0.15, 0.2) is 47.3 Å². The molecule has 7 nitrogen and oxygen atoms in total. The Labute approximate surface area is 178 Å². The topological polar surface area (TPSA) is 95.6 Å². The molecule has 1 amide bonds. The lowest BCUT2D eigenvalue weighted by molar-refractivity contribution is 0.0923. The zero-order valence-electron chi connectivity index (χ0n) is 17.0. The van der Waals surface area contributed by atoms with Gasteiger partial charge in [-0.15, -0.1) is 0 Å². The average molecular weight is 422 g/mol. The molecular weight excluding hydrogens is 398 g/mol. The van der Waals surface area contributed by atoms with Gasteiger partial charge in [-0.1, -0.05) is 26.0 Å². The molecule has 3 N–H and O–H groups in total. The first-order valence-electron chi connectivity index (χ1n) is 9.91. The van der Waals surface area contributed by atoms with Gasteiger partial charge in [-0.3, -0.25) is 14.2 Å². The highest BCUT2D eigenvalue weighted by atomic mass is 32.1. The summed E-state index contributed by atoms with van der Waals surface area (Å²) in [5, 5.41) is 3.57. The number of carbonyl (C=O) groups is 1. The lowest BCUT2D eigenvalue weighted by atomic mass is 10.0. The molecule has 4 aromatic rings. The Morgan fingerprint density at radius 2 is 1.93 bits per heavy atom. The number of para-hydroxylation sites is 2. The standard InChI is InChI=1S/C22H23N5O2S/c1-4-27-21(29)14-10-9-13(11-17(14)25-22(27)30)20(28)26-18(12(2)3)19-23-15-7-5-6-8-16(15)24-19/h5-12,18H,4H2,1-3H3,(H,23,24)(H,25,30)(H,26,28). The number of benzene rings is 2. The van der Waals surface area contributed by atoms with E-state index in [4.69, 9.17) is 12.2 Å². The molecule has 1 unspecified atom stereocenters. The van der Waals surface area contributed by atoms with Crippen LogP contribution in [0.1, 0.15) is 43.0 Å². The molecule has 0 aliphatic rings. The number of amides is 1. The molecule has 4 rings (SSSR count). The third-order valence-electron chi connectivity index (χ3n) is 5.22. The highest BCUT2D eigenvalue weighted by Crippen LogP contribution is 2.23. The molecule has 0 radical (unpaired) electrons. The molecule has 0 aliphatic carbocycles. The van der Waals surface area contributed by atoms with Gasteiger partial charge in [0.05, 0.1) is 28.0 Å². The molecule has 0 spiro atoms. The number of hydrogen-bond acceptors (Lipinski definition) is 4. The first kappa shape index (κ1) is 20.0. The maximum Gasteiger partial charge on any atom is 0.262 e. The van der Waals surface area contributed by atoms with Crippen molar-refractivity contribution in [2.45, 2.75) is 33.4 Å².